The summed E-state index contributed by atoms with van der Waals surface area (Å²) < 4.78 is 10.3. The average Bonchev–Trinajstić information content (AvgIpc) is 2.49. The van der Waals surface area contributed by atoms with E-state index in [-0.39, 0.29) is 43.2 Å². The molecule has 7 nitrogen and oxygen atoms in total. The van der Waals surface area contributed by atoms with Crippen molar-refractivity contribution in [2.75, 3.05) is 0 Å². The topological polar surface area (TPSA) is 122 Å². The van der Waals surface area contributed by atoms with Gasteiger partial charge < -0.3 is 20.9 Å². The van der Waals surface area contributed by atoms with Crippen LogP contribution in [0.3, 0.4) is 0 Å². The van der Waals surface area contributed by atoms with Crippen molar-refractivity contribution in [3.8, 4) is 11.5 Å². The van der Waals surface area contributed by atoms with Crippen LogP contribution in [0.5, 0.6) is 11.5 Å². The van der Waals surface area contributed by atoms with Crippen LogP contribution in [-0.2, 0) is 20.8 Å². The summed E-state index contributed by atoms with van der Waals surface area (Å²) in [6.07, 6.45) is 0.551. The van der Waals surface area contributed by atoms with Crippen molar-refractivity contribution in [1.29, 1.82) is 0 Å². The second-order valence-electron chi connectivity index (χ2n) is 4.65. The van der Waals surface area contributed by atoms with Crippen LogP contribution in [0.1, 0.15) is 32.3 Å². The highest BCUT2D eigenvalue weighted by Gasteiger charge is 2.16. The molecule has 0 bridgehead atoms. The number of carbonyl (C=O) groups excluding carboxylic acids is 3. The monoisotopic (exact) mass is 344 g/mol. The number of carbonyl (C=O) groups is 3. The van der Waals surface area contributed by atoms with Crippen LogP contribution in [0.2, 0.25) is 0 Å². The van der Waals surface area contributed by atoms with Gasteiger partial charge >= 0.3 is 11.9 Å². The van der Waals surface area contributed by atoms with Crippen molar-refractivity contribution in [3.05, 3.63) is 23.8 Å². The van der Waals surface area contributed by atoms with Gasteiger partial charge in [-0.2, -0.15) is 0 Å². The lowest BCUT2D eigenvalue weighted by Crippen LogP contribution is -2.38. The number of hydrogen-bond donors (Lipinski definition) is 2. The molecule has 1 aromatic rings. The maximum atomic E-state index is 11.5. The fourth-order valence-electron chi connectivity index (χ4n) is 1.59. The molecule has 0 aromatic heterocycles. The van der Waals surface area contributed by atoms with E-state index in [1.807, 2.05) is 0 Å². The minimum Gasteiger partial charge on any atom is -0.423 e. The van der Waals surface area contributed by atoms with Gasteiger partial charge in [0, 0.05) is 12.8 Å². The molecule has 1 aromatic carbocycles. The van der Waals surface area contributed by atoms with E-state index in [0.717, 1.165) is 0 Å². The highest BCUT2D eigenvalue weighted by molar-refractivity contribution is 5.85. The fraction of sp³-hybridized carbons (Fsp3) is 0.400. The zero-order valence-corrected chi connectivity index (χ0v) is 13.9. The van der Waals surface area contributed by atoms with Crippen LogP contribution in [0.15, 0.2) is 18.2 Å². The first-order chi connectivity index (χ1) is 10.4. The molecule has 1 amide bonds. The van der Waals surface area contributed by atoms with E-state index in [2.05, 4.69) is 0 Å². The Morgan fingerprint density at radius 1 is 1.04 bits per heavy atom. The molecule has 0 aliphatic heterocycles. The summed E-state index contributed by atoms with van der Waals surface area (Å²) in [5.74, 6) is -1.29. The predicted molar refractivity (Wildman–Crippen MR) is 86.4 cm³/mol. The summed E-state index contributed by atoms with van der Waals surface area (Å²) in [7, 11) is 0. The molecule has 23 heavy (non-hydrogen) atoms. The fourth-order valence-corrected chi connectivity index (χ4v) is 1.59. The number of amides is 1. The number of primary amides is 1. The second kappa shape index (κ2) is 9.81. The Morgan fingerprint density at radius 3 is 2.04 bits per heavy atom. The summed E-state index contributed by atoms with van der Waals surface area (Å²) in [6.45, 7) is 3.30. The Morgan fingerprint density at radius 2 is 1.57 bits per heavy atom. The maximum Gasteiger partial charge on any atom is 0.311 e. The van der Waals surface area contributed by atoms with Crippen molar-refractivity contribution in [2.24, 2.45) is 11.5 Å². The SMILES string of the molecule is CCC(=O)Oc1ccc(CC(N)C(N)=O)cc1OC(=O)CC.Cl. The van der Waals surface area contributed by atoms with Gasteiger partial charge in [0.1, 0.15) is 0 Å². The Kier molecular flexibility index (Phi) is 8.90. The molecular weight excluding hydrogens is 324 g/mol. The van der Waals surface area contributed by atoms with Gasteiger partial charge in [-0.3, -0.25) is 14.4 Å². The van der Waals surface area contributed by atoms with Gasteiger partial charge in [0.15, 0.2) is 11.5 Å². The van der Waals surface area contributed by atoms with E-state index in [1.54, 1.807) is 19.9 Å². The molecule has 8 heteroatoms. The van der Waals surface area contributed by atoms with Crippen molar-refractivity contribution in [3.63, 3.8) is 0 Å². The number of benzene rings is 1. The molecule has 1 atom stereocenters. The van der Waals surface area contributed by atoms with Crippen molar-refractivity contribution < 1.29 is 23.9 Å². The smallest absolute Gasteiger partial charge is 0.311 e. The largest absolute Gasteiger partial charge is 0.423 e. The molecule has 0 saturated heterocycles. The highest BCUT2D eigenvalue weighted by Crippen LogP contribution is 2.29. The summed E-state index contributed by atoms with van der Waals surface area (Å²) in [4.78, 5) is 33.9. The number of hydrogen-bond acceptors (Lipinski definition) is 6. The maximum absolute atomic E-state index is 11.5. The van der Waals surface area contributed by atoms with E-state index >= 15 is 0 Å². The average molecular weight is 345 g/mol. The van der Waals surface area contributed by atoms with Gasteiger partial charge in [-0.1, -0.05) is 19.9 Å². The summed E-state index contributed by atoms with van der Waals surface area (Å²) in [5.41, 5.74) is 11.4. The molecule has 1 unspecified atom stereocenters. The molecule has 0 aliphatic carbocycles. The lowest BCUT2D eigenvalue weighted by atomic mass is 10.1. The first-order valence-corrected chi connectivity index (χ1v) is 6.96. The Hall–Kier alpha value is -2.12. The zero-order valence-electron chi connectivity index (χ0n) is 13.0. The quantitative estimate of drug-likeness (QED) is 0.564. The molecule has 0 fully saturated rings. The highest BCUT2D eigenvalue weighted by atomic mass is 35.5. The molecule has 4 N–H and O–H groups in total. The first-order valence-electron chi connectivity index (χ1n) is 6.96. The van der Waals surface area contributed by atoms with Gasteiger partial charge in [0.25, 0.3) is 0 Å². The van der Waals surface area contributed by atoms with Gasteiger partial charge in [-0.25, -0.2) is 0 Å². The van der Waals surface area contributed by atoms with E-state index in [4.69, 9.17) is 20.9 Å². The van der Waals surface area contributed by atoms with E-state index < -0.39 is 23.9 Å². The van der Waals surface area contributed by atoms with Crippen LogP contribution < -0.4 is 20.9 Å². The predicted octanol–water partition coefficient (Wildman–Crippen LogP) is 1.09. The Labute approximate surface area is 140 Å². The normalized spacial score (nSPS) is 11.1. The van der Waals surface area contributed by atoms with Gasteiger partial charge in [-0.05, 0) is 24.1 Å². The molecule has 0 aliphatic rings. The van der Waals surface area contributed by atoms with Crippen LogP contribution >= 0.6 is 12.4 Å². The van der Waals surface area contributed by atoms with Crippen LogP contribution in [-0.4, -0.2) is 23.9 Å². The van der Waals surface area contributed by atoms with Gasteiger partial charge in [0.2, 0.25) is 5.91 Å². The third kappa shape index (κ3) is 6.66. The third-order valence-corrected chi connectivity index (χ3v) is 2.85. The number of ether oxygens (including phenoxy) is 2. The standard InChI is InChI=1S/C15H20N2O5.ClH/c1-3-13(18)21-11-6-5-9(7-10(16)15(17)20)8-12(11)22-14(19)4-2;/h5-6,8,10H,3-4,7,16H2,1-2H3,(H2,17,20);1H. The molecule has 0 radical (unpaired) electrons. The van der Waals surface area contributed by atoms with E-state index in [1.165, 1.54) is 12.1 Å². The first kappa shape index (κ1) is 20.9. The van der Waals surface area contributed by atoms with Crippen LogP contribution in [0.4, 0.5) is 0 Å². The summed E-state index contributed by atoms with van der Waals surface area (Å²) in [5, 5.41) is 0. The number of nitrogens with two attached hydrogens (primary N) is 2. The molecular formula is C15H21ClN2O5. The molecule has 128 valence electrons. The second-order valence-corrected chi connectivity index (χ2v) is 4.65. The van der Waals surface area contributed by atoms with Crippen molar-refractivity contribution >= 4 is 30.3 Å². The Bertz CT molecular complexity index is 577. The molecule has 0 heterocycles. The number of halogens is 1. The molecule has 0 saturated carbocycles. The lowest BCUT2D eigenvalue weighted by molar-refractivity contribution is -0.136. The third-order valence-electron chi connectivity index (χ3n) is 2.85. The molecule has 0 spiro atoms. The van der Waals surface area contributed by atoms with Gasteiger partial charge in [-0.15, -0.1) is 12.4 Å². The summed E-state index contributed by atoms with van der Waals surface area (Å²) >= 11 is 0. The van der Waals surface area contributed by atoms with Crippen LogP contribution in [0, 0.1) is 0 Å². The number of esters is 2. The van der Waals surface area contributed by atoms with Gasteiger partial charge in [0.05, 0.1) is 6.04 Å². The minimum atomic E-state index is -0.848. The Balaban J connectivity index is 0.00000484. The lowest BCUT2D eigenvalue weighted by Gasteiger charge is -2.13. The van der Waals surface area contributed by atoms with Crippen molar-refractivity contribution in [1.82, 2.24) is 0 Å². The van der Waals surface area contributed by atoms with E-state index in [0.29, 0.717) is 5.56 Å². The van der Waals surface area contributed by atoms with Crippen molar-refractivity contribution in [2.45, 2.75) is 39.2 Å². The zero-order chi connectivity index (χ0) is 16.7. The molecule has 1 rings (SSSR count). The van der Waals surface area contributed by atoms with E-state index in [9.17, 15) is 14.4 Å². The minimum absolute atomic E-state index is 0. The number of rotatable bonds is 7. The summed E-state index contributed by atoms with van der Waals surface area (Å²) in [6, 6.07) is 3.78. The van der Waals surface area contributed by atoms with Crippen LogP contribution in [0.25, 0.3) is 0 Å².